The van der Waals surface area contributed by atoms with Crippen molar-refractivity contribution in [3.8, 4) is 0 Å². The van der Waals surface area contributed by atoms with Crippen LogP contribution in [0.4, 0.5) is 0 Å². The van der Waals surface area contributed by atoms with E-state index in [0.717, 1.165) is 30.8 Å². The largest absolute Gasteiger partial charge is 0.338 e. The highest BCUT2D eigenvalue weighted by Crippen LogP contribution is 2.26. The molecule has 3 rings (SSSR count). The summed E-state index contributed by atoms with van der Waals surface area (Å²) in [5.74, 6) is -0.148. The minimum Gasteiger partial charge on any atom is -0.338 e. The molecule has 1 aromatic rings. The zero-order chi connectivity index (χ0) is 15.9. The second kappa shape index (κ2) is 5.68. The molecule has 0 aromatic carbocycles. The van der Waals surface area contributed by atoms with Crippen LogP contribution >= 0.6 is 0 Å². The number of carbonyl (C=O) groups is 1. The van der Waals surface area contributed by atoms with E-state index in [1.807, 2.05) is 29.5 Å². The molecule has 0 N–H and O–H groups in total. The van der Waals surface area contributed by atoms with Crippen LogP contribution in [0, 0.1) is 19.8 Å². The third-order valence-electron chi connectivity index (χ3n) is 4.73. The van der Waals surface area contributed by atoms with Crippen molar-refractivity contribution in [2.24, 2.45) is 5.92 Å². The Morgan fingerprint density at radius 3 is 2.73 bits per heavy atom. The Morgan fingerprint density at radius 2 is 2.14 bits per heavy atom. The standard InChI is InChI=1S/C15H23N3O3S/c1-11-8-12(2)18(16-11)9-14-4-3-6-17(14)15(19)13-5-7-22(20,21)10-13/h8,13-14H,3-7,9-10H2,1-2H3/t13-,14-/m0/s1. The molecule has 2 fully saturated rings. The predicted molar refractivity (Wildman–Crippen MR) is 83.2 cm³/mol. The van der Waals surface area contributed by atoms with Crippen molar-refractivity contribution in [3.63, 3.8) is 0 Å². The number of carbonyl (C=O) groups excluding carboxylic acids is 1. The average Bonchev–Trinajstić information content (AvgIpc) is 3.10. The monoisotopic (exact) mass is 325 g/mol. The van der Waals surface area contributed by atoms with Gasteiger partial charge in [-0.3, -0.25) is 9.48 Å². The number of rotatable bonds is 3. The lowest BCUT2D eigenvalue weighted by Crippen LogP contribution is -2.42. The fourth-order valence-corrected chi connectivity index (χ4v) is 5.33. The van der Waals surface area contributed by atoms with Gasteiger partial charge in [-0.05, 0) is 39.2 Å². The van der Waals surface area contributed by atoms with Crippen molar-refractivity contribution in [3.05, 3.63) is 17.5 Å². The molecule has 6 nitrogen and oxygen atoms in total. The van der Waals surface area contributed by atoms with Gasteiger partial charge in [0.2, 0.25) is 5.91 Å². The van der Waals surface area contributed by atoms with Gasteiger partial charge in [-0.1, -0.05) is 0 Å². The van der Waals surface area contributed by atoms with Gasteiger partial charge < -0.3 is 4.90 Å². The molecule has 2 atom stereocenters. The molecule has 22 heavy (non-hydrogen) atoms. The van der Waals surface area contributed by atoms with E-state index in [-0.39, 0.29) is 29.4 Å². The third-order valence-corrected chi connectivity index (χ3v) is 6.50. The van der Waals surface area contributed by atoms with E-state index in [0.29, 0.717) is 13.0 Å². The normalized spacial score (nSPS) is 27.5. The summed E-state index contributed by atoms with van der Waals surface area (Å²) in [5.41, 5.74) is 2.08. The van der Waals surface area contributed by atoms with Crippen LogP contribution in [0.3, 0.4) is 0 Å². The third kappa shape index (κ3) is 3.04. The summed E-state index contributed by atoms with van der Waals surface area (Å²) < 4.78 is 25.1. The lowest BCUT2D eigenvalue weighted by atomic mass is 10.1. The van der Waals surface area contributed by atoms with E-state index in [1.165, 1.54) is 0 Å². The molecule has 3 heterocycles. The van der Waals surface area contributed by atoms with Gasteiger partial charge in [0.05, 0.1) is 35.7 Å². The first-order valence-corrected chi connectivity index (χ1v) is 9.70. The molecule has 0 aliphatic carbocycles. The number of hydrogen-bond acceptors (Lipinski definition) is 4. The molecule has 0 saturated carbocycles. The van der Waals surface area contributed by atoms with Gasteiger partial charge in [0.15, 0.2) is 9.84 Å². The van der Waals surface area contributed by atoms with E-state index in [1.54, 1.807) is 0 Å². The smallest absolute Gasteiger partial charge is 0.227 e. The second-order valence-electron chi connectivity index (χ2n) is 6.54. The Bertz CT molecular complexity index is 680. The van der Waals surface area contributed by atoms with E-state index in [2.05, 4.69) is 5.10 Å². The molecule has 2 aliphatic rings. The summed E-state index contributed by atoms with van der Waals surface area (Å²) in [5, 5.41) is 4.47. The number of aromatic nitrogens is 2. The van der Waals surface area contributed by atoms with Crippen LogP contribution in [0.15, 0.2) is 6.07 Å². The summed E-state index contributed by atoms with van der Waals surface area (Å²) in [6.07, 6.45) is 2.42. The first kappa shape index (κ1) is 15.5. The molecule has 0 bridgehead atoms. The Kier molecular flexibility index (Phi) is 4.01. The topological polar surface area (TPSA) is 72.3 Å². The molecular formula is C15H23N3O3S. The quantitative estimate of drug-likeness (QED) is 0.828. The van der Waals surface area contributed by atoms with Crippen molar-refractivity contribution in [2.75, 3.05) is 18.1 Å². The van der Waals surface area contributed by atoms with Gasteiger partial charge in [0.25, 0.3) is 0 Å². The van der Waals surface area contributed by atoms with Crippen molar-refractivity contribution >= 4 is 15.7 Å². The predicted octanol–water partition coefficient (Wildman–Crippen LogP) is 0.926. The Morgan fingerprint density at radius 1 is 1.36 bits per heavy atom. The maximum absolute atomic E-state index is 12.7. The molecule has 7 heteroatoms. The van der Waals surface area contributed by atoms with E-state index in [9.17, 15) is 13.2 Å². The Labute approximate surface area is 131 Å². The molecule has 122 valence electrons. The zero-order valence-corrected chi connectivity index (χ0v) is 14.0. The van der Waals surface area contributed by atoms with Crippen LogP contribution in [0.5, 0.6) is 0 Å². The summed E-state index contributed by atoms with van der Waals surface area (Å²) in [4.78, 5) is 14.5. The lowest BCUT2D eigenvalue weighted by molar-refractivity contribution is -0.135. The van der Waals surface area contributed by atoms with Crippen LogP contribution in [-0.2, 0) is 21.2 Å². The summed E-state index contributed by atoms with van der Waals surface area (Å²) in [6, 6.07) is 2.17. The van der Waals surface area contributed by atoms with Crippen LogP contribution in [0.2, 0.25) is 0 Å². The van der Waals surface area contributed by atoms with Crippen molar-refractivity contribution in [1.82, 2.24) is 14.7 Å². The Hall–Kier alpha value is -1.37. The number of amides is 1. The zero-order valence-electron chi connectivity index (χ0n) is 13.2. The van der Waals surface area contributed by atoms with E-state index in [4.69, 9.17) is 0 Å². The SMILES string of the molecule is Cc1cc(C)n(C[C@@H]2CCCN2C(=O)[C@H]2CCS(=O)(=O)C2)n1. The van der Waals surface area contributed by atoms with Gasteiger partial charge >= 0.3 is 0 Å². The molecule has 0 spiro atoms. The van der Waals surface area contributed by atoms with Crippen LogP contribution in [-0.4, -0.2) is 53.1 Å². The first-order valence-electron chi connectivity index (χ1n) is 7.88. The second-order valence-corrected chi connectivity index (χ2v) is 8.77. The summed E-state index contributed by atoms with van der Waals surface area (Å²) in [6.45, 7) is 5.42. The van der Waals surface area contributed by atoms with Gasteiger partial charge in [-0.25, -0.2) is 8.42 Å². The average molecular weight is 325 g/mol. The summed E-state index contributed by atoms with van der Waals surface area (Å²) in [7, 11) is -3.01. The first-order chi connectivity index (χ1) is 10.4. The maximum atomic E-state index is 12.7. The number of aryl methyl sites for hydroxylation is 2. The van der Waals surface area contributed by atoms with E-state index < -0.39 is 9.84 Å². The molecule has 2 aliphatic heterocycles. The molecular weight excluding hydrogens is 302 g/mol. The van der Waals surface area contributed by atoms with Crippen molar-refractivity contribution < 1.29 is 13.2 Å². The molecule has 1 amide bonds. The number of sulfone groups is 1. The number of hydrogen-bond donors (Lipinski definition) is 0. The van der Waals surface area contributed by atoms with Crippen molar-refractivity contribution in [2.45, 2.75) is 45.7 Å². The highest BCUT2D eigenvalue weighted by Gasteiger charge is 2.39. The number of nitrogens with zero attached hydrogens (tertiary/aromatic N) is 3. The summed E-state index contributed by atoms with van der Waals surface area (Å²) >= 11 is 0. The Balaban J connectivity index is 1.70. The maximum Gasteiger partial charge on any atom is 0.227 e. The fraction of sp³-hybridized carbons (Fsp3) is 0.733. The fourth-order valence-electron chi connectivity index (χ4n) is 3.60. The van der Waals surface area contributed by atoms with Gasteiger partial charge in [0.1, 0.15) is 0 Å². The van der Waals surface area contributed by atoms with Crippen LogP contribution in [0.1, 0.15) is 30.7 Å². The van der Waals surface area contributed by atoms with Crippen LogP contribution < -0.4 is 0 Å². The van der Waals surface area contributed by atoms with Crippen LogP contribution in [0.25, 0.3) is 0 Å². The van der Waals surface area contributed by atoms with E-state index >= 15 is 0 Å². The molecule has 0 radical (unpaired) electrons. The van der Waals surface area contributed by atoms with Gasteiger partial charge in [0, 0.05) is 12.2 Å². The minimum absolute atomic E-state index is 0.0186. The molecule has 0 unspecified atom stereocenters. The number of likely N-dealkylation sites (tertiary alicyclic amines) is 1. The molecule has 1 aromatic heterocycles. The molecule has 2 saturated heterocycles. The van der Waals surface area contributed by atoms with Gasteiger partial charge in [-0.2, -0.15) is 5.10 Å². The highest BCUT2D eigenvalue weighted by atomic mass is 32.2. The van der Waals surface area contributed by atoms with Crippen molar-refractivity contribution in [1.29, 1.82) is 0 Å². The van der Waals surface area contributed by atoms with Gasteiger partial charge in [-0.15, -0.1) is 0 Å². The lowest BCUT2D eigenvalue weighted by Gasteiger charge is -2.27. The minimum atomic E-state index is -3.01. The highest BCUT2D eigenvalue weighted by molar-refractivity contribution is 7.91.